The second-order valence-electron chi connectivity index (χ2n) is 5.27. The first-order valence-electron chi connectivity index (χ1n) is 7.06. The number of benzene rings is 1. The Morgan fingerprint density at radius 1 is 1.35 bits per heavy atom. The van der Waals surface area contributed by atoms with Crippen molar-refractivity contribution in [2.75, 3.05) is 20.3 Å². The fraction of sp³-hybridized carbons (Fsp3) is 0.500. The Labute approximate surface area is 119 Å². The van der Waals surface area contributed by atoms with Crippen LogP contribution < -0.4 is 10.1 Å². The topological polar surface area (TPSA) is 54.6 Å². The number of hydrogen-bond acceptors (Lipinski definition) is 4. The van der Waals surface area contributed by atoms with Gasteiger partial charge in [0.05, 0.1) is 13.2 Å². The van der Waals surface area contributed by atoms with Crippen LogP contribution in [-0.2, 0) is 0 Å². The summed E-state index contributed by atoms with van der Waals surface area (Å²) in [6, 6.07) is 8.06. The van der Waals surface area contributed by atoms with Crippen LogP contribution in [0.2, 0.25) is 0 Å². The summed E-state index contributed by atoms with van der Waals surface area (Å²) < 4.78 is 11.2. The zero-order valence-corrected chi connectivity index (χ0v) is 12.3. The van der Waals surface area contributed by atoms with Gasteiger partial charge in [0, 0.05) is 12.0 Å². The minimum absolute atomic E-state index is 0.133. The van der Waals surface area contributed by atoms with Gasteiger partial charge in [-0.3, -0.25) is 0 Å². The standard InChI is InChI=1S/C16H23NO3/c1-11(7-8-18)10-17-12(2)15-9-13-5-4-6-14(19-3)16(13)20-15/h4-6,9,11-12,17-18H,7-8,10H2,1-3H3. The van der Waals surface area contributed by atoms with Crippen molar-refractivity contribution < 1.29 is 14.3 Å². The number of ether oxygens (including phenoxy) is 1. The van der Waals surface area contributed by atoms with E-state index in [0.29, 0.717) is 5.92 Å². The van der Waals surface area contributed by atoms with Crippen LogP contribution in [0, 0.1) is 5.92 Å². The quantitative estimate of drug-likeness (QED) is 0.816. The molecule has 1 heterocycles. The van der Waals surface area contributed by atoms with Crippen LogP contribution in [0.3, 0.4) is 0 Å². The molecule has 20 heavy (non-hydrogen) atoms. The van der Waals surface area contributed by atoms with Crippen LogP contribution in [0.4, 0.5) is 0 Å². The van der Waals surface area contributed by atoms with E-state index < -0.39 is 0 Å². The van der Waals surface area contributed by atoms with E-state index in [1.165, 1.54) is 0 Å². The highest BCUT2D eigenvalue weighted by molar-refractivity contribution is 5.83. The van der Waals surface area contributed by atoms with E-state index in [4.69, 9.17) is 14.3 Å². The van der Waals surface area contributed by atoms with E-state index in [0.717, 1.165) is 35.4 Å². The van der Waals surface area contributed by atoms with E-state index in [9.17, 15) is 0 Å². The highest BCUT2D eigenvalue weighted by Gasteiger charge is 2.14. The van der Waals surface area contributed by atoms with Gasteiger partial charge >= 0.3 is 0 Å². The monoisotopic (exact) mass is 277 g/mol. The number of methoxy groups -OCH3 is 1. The predicted octanol–water partition coefficient (Wildman–Crippen LogP) is 3.11. The average Bonchev–Trinajstić information content (AvgIpc) is 2.89. The maximum Gasteiger partial charge on any atom is 0.176 e. The Kier molecular flexibility index (Phi) is 5.04. The largest absolute Gasteiger partial charge is 0.493 e. The minimum atomic E-state index is 0.133. The van der Waals surface area contributed by atoms with Crippen molar-refractivity contribution >= 4 is 11.0 Å². The van der Waals surface area contributed by atoms with Gasteiger partial charge in [-0.05, 0) is 37.9 Å². The van der Waals surface area contributed by atoms with Gasteiger partial charge in [-0.15, -0.1) is 0 Å². The van der Waals surface area contributed by atoms with Crippen LogP contribution in [0.1, 0.15) is 32.1 Å². The molecule has 0 fully saturated rings. The van der Waals surface area contributed by atoms with Crippen LogP contribution in [0.5, 0.6) is 5.75 Å². The first-order chi connectivity index (χ1) is 9.65. The minimum Gasteiger partial charge on any atom is -0.493 e. The summed E-state index contributed by atoms with van der Waals surface area (Å²) in [5.74, 6) is 2.11. The number of rotatable bonds is 7. The summed E-state index contributed by atoms with van der Waals surface area (Å²) in [5.41, 5.74) is 0.794. The molecule has 0 saturated heterocycles. The summed E-state index contributed by atoms with van der Waals surface area (Å²) in [7, 11) is 1.65. The van der Waals surface area contributed by atoms with Crippen molar-refractivity contribution in [3.8, 4) is 5.75 Å². The molecule has 0 saturated carbocycles. The lowest BCUT2D eigenvalue weighted by Gasteiger charge is -2.15. The van der Waals surface area contributed by atoms with E-state index in [-0.39, 0.29) is 12.6 Å². The Bertz CT molecular complexity index is 550. The number of fused-ring (bicyclic) bond motifs is 1. The maximum absolute atomic E-state index is 8.91. The molecular weight excluding hydrogens is 254 g/mol. The summed E-state index contributed by atoms with van der Waals surface area (Å²) in [5, 5.41) is 13.4. The third kappa shape index (κ3) is 3.32. The summed E-state index contributed by atoms with van der Waals surface area (Å²) in [6.45, 7) is 5.29. The van der Waals surface area contributed by atoms with Crippen LogP contribution >= 0.6 is 0 Å². The number of furan rings is 1. The lowest BCUT2D eigenvalue weighted by Crippen LogP contribution is -2.24. The maximum atomic E-state index is 8.91. The highest BCUT2D eigenvalue weighted by atomic mass is 16.5. The number of para-hydroxylation sites is 1. The molecule has 2 rings (SSSR count). The first kappa shape index (κ1) is 14.9. The molecular formula is C16H23NO3. The molecule has 0 aliphatic rings. The van der Waals surface area contributed by atoms with Crippen molar-refractivity contribution in [2.24, 2.45) is 5.92 Å². The molecule has 4 nitrogen and oxygen atoms in total. The molecule has 1 aromatic carbocycles. The van der Waals surface area contributed by atoms with Crippen molar-refractivity contribution in [3.63, 3.8) is 0 Å². The van der Waals surface area contributed by atoms with Gasteiger partial charge in [0.25, 0.3) is 0 Å². The van der Waals surface area contributed by atoms with Gasteiger partial charge in [-0.25, -0.2) is 0 Å². The van der Waals surface area contributed by atoms with E-state index >= 15 is 0 Å². The molecule has 2 N–H and O–H groups in total. The SMILES string of the molecule is COc1cccc2cc(C(C)NCC(C)CCO)oc12. The zero-order valence-electron chi connectivity index (χ0n) is 12.3. The lowest BCUT2D eigenvalue weighted by atomic mass is 10.1. The van der Waals surface area contributed by atoms with Gasteiger partial charge in [0.2, 0.25) is 0 Å². The van der Waals surface area contributed by atoms with E-state index in [2.05, 4.69) is 19.2 Å². The fourth-order valence-electron chi connectivity index (χ4n) is 2.23. The highest BCUT2D eigenvalue weighted by Crippen LogP contribution is 2.30. The third-order valence-electron chi connectivity index (χ3n) is 3.57. The molecule has 0 bridgehead atoms. The molecule has 0 amide bonds. The van der Waals surface area contributed by atoms with Crippen molar-refractivity contribution in [1.29, 1.82) is 0 Å². The summed E-state index contributed by atoms with van der Waals surface area (Å²) in [4.78, 5) is 0. The summed E-state index contributed by atoms with van der Waals surface area (Å²) in [6.07, 6.45) is 0.813. The van der Waals surface area contributed by atoms with Gasteiger partial charge in [0.1, 0.15) is 5.76 Å². The molecule has 0 aliphatic carbocycles. The third-order valence-corrected chi connectivity index (χ3v) is 3.57. The molecule has 0 aliphatic heterocycles. The number of aliphatic hydroxyl groups is 1. The molecule has 2 aromatic rings. The van der Waals surface area contributed by atoms with Crippen molar-refractivity contribution in [1.82, 2.24) is 5.32 Å². The Hall–Kier alpha value is -1.52. The Morgan fingerprint density at radius 2 is 2.15 bits per heavy atom. The predicted molar refractivity (Wildman–Crippen MR) is 80.1 cm³/mol. The molecule has 2 unspecified atom stereocenters. The van der Waals surface area contributed by atoms with Crippen molar-refractivity contribution in [3.05, 3.63) is 30.0 Å². The molecule has 0 spiro atoms. The molecule has 4 heteroatoms. The Balaban J connectivity index is 2.08. The van der Waals surface area contributed by atoms with Crippen LogP contribution in [0.25, 0.3) is 11.0 Å². The van der Waals surface area contributed by atoms with Crippen LogP contribution in [0.15, 0.2) is 28.7 Å². The molecule has 0 radical (unpaired) electrons. The normalized spacial score (nSPS) is 14.4. The fourth-order valence-corrected chi connectivity index (χ4v) is 2.23. The lowest BCUT2D eigenvalue weighted by molar-refractivity contribution is 0.257. The zero-order chi connectivity index (χ0) is 14.5. The van der Waals surface area contributed by atoms with E-state index in [1.54, 1.807) is 7.11 Å². The second kappa shape index (κ2) is 6.77. The van der Waals surface area contributed by atoms with E-state index in [1.807, 2.05) is 24.3 Å². The smallest absolute Gasteiger partial charge is 0.176 e. The van der Waals surface area contributed by atoms with Gasteiger partial charge < -0.3 is 19.6 Å². The second-order valence-corrected chi connectivity index (χ2v) is 5.27. The molecule has 1 aromatic heterocycles. The van der Waals surface area contributed by atoms with Gasteiger partial charge in [-0.2, -0.15) is 0 Å². The van der Waals surface area contributed by atoms with Crippen molar-refractivity contribution in [2.45, 2.75) is 26.3 Å². The first-order valence-corrected chi connectivity index (χ1v) is 7.06. The van der Waals surface area contributed by atoms with Gasteiger partial charge in [0.15, 0.2) is 11.3 Å². The molecule has 110 valence electrons. The summed E-state index contributed by atoms with van der Waals surface area (Å²) >= 11 is 0. The van der Waals surface area contributed by atoms with Crippen LogP contribution in [-0.4, -0.2) is 25.4 Å². The van der Waals surface area contributed by atoms with Gasteiger partial charge in [-0.1, -0.05) is 19.1 Å². The number of hydrogen-bond donors (Lipinski definition) is 2. The average molecular weight is 277 g/mol. The number of aliphatic hydroxyl groups excluding tert-OH is 1. The number of nitrogens with one attached hydrogen (secondary N) is 1. The Morgan fingerprint density at radius 3 is 2.85 bits per heavy atom. The molecule has 2 atom stereocenters.